The molecule has 0 saturated heterocycles. The van der Waals surface area contributed by atoms with Crippen molar-refractivity contribution in [1.29, 1.82) is 0 Å². The van der Waals surface area contributed by atoms with E-state index in [9.17, 15) is 5.11 Å². The first kappa shape index (κ1) is 13.9. The summed E-state index contributed by atoms with van der Waals surface area (Å²) in [6.45, 7) is 9.04. The van der Waals surface area contributed by atoms with Crippen LogP contribution in [0.3, 0.4) is 0 Å². The number of hydrogen-bond acceptors (Lipinski definition) is 2. The first-order valence-corrected chi connectivity index (χ1v) is 6.02. The molecular formula is C12H27NO. The summed E-state index contributed by atoms with van der Waals surface area (Å²) < 4.78 is 0. The number of nitrogens with one attached hydrogen (secondary N) is 1. The molecule has 3 atom stereocenters. The maximum Gasteiger partial charge on any atom is 0.0587 e. The van der Waals surface area contributed by atoms with Gasteiger partial charge in [0.1, 0.15) is 0 Å². The number of aliphatic hydroxyl groups excluding tert-OH is 1. The van der Waals surface area contributed by atoms with E-state index >= 15 is 0 Å². The largest absolute Gasteiger partial charge is 0.395 e. The molecule has 0 aliphatic rings. The topological polar surface area (TPSA) is 32.3 Å². The zero-order valence-electron chi connectivity index (χ0n) is 10.2. The fourth-order valence-corrected chi connectivity index (χ4v) is 1.64. The maximum atomic E-state index is 9.24. The maximum absolute atomic E-state index is 9.24. The smallest absolute Gasteiger partial charge is 0.0587 e. The molecule has 0 rings (SSSR count). The molecular weight excluding hydrogens is 174 g/mol. The van der Waals surface area contributed by atoms with E-state index < -0.39 is 0 Å². The standard InChI is InChI=1S/C12H27NO/c1-5-7-8-11(4)13-12(9-14)10(3)6-2/h10-14H,5-9H2,1-4H3. The van der Waals surface area contributed by atoms with Gasteiger partial charge in [-0.05, 0) is 19.3 Å². The van der Waals surface area contributed by atoms with Gasteiger partial charge in [-0.1, -0.05) is 40.0 Å². The van der Waals surface area contributed by atoms with Crippen LogP contribution in [0.2, 0.25) is 0 Å². The van der Waals surface area contributed by atoms with Gasteiger partial charge < -0.3 is 10.4 Å². The second-order valence-corrected chi connectivity index (χ2v) is 4.38. The third kappa shape index (κ3) is 5.61. The summed E-state index contributed by atoms with van der Waals surface area (Å²) in [6, 6.07) is 0.799. The molecule has 0 aliphatic carbocycles. The minimum absolute atomic E-state index is 0.255. The van der Waals surface area contributed by atoms with Crippen LogP contribution in [0.4, 0.5) is 0 Å². The Kier molecular flexibility index (Phi) is 8.20. The second kappa shape index (κ2) is 8.25. The average Bonchev–Trinajstić information content (AvgIpc) is 2.21. The van der Waals surface area contributed by atoms with Crippen LogP contribution in [0.1, 0.15) is 53.4 Å². The van der Waals surface area contributed by atoms with Gasteiger partial charge in [0.25, 0.3) is 0 Å². The zero-order valence-corrected chi connectivity index (χ0v) is 10.2. The average molecular weight is 201 g/mol. The molecule has 0 spiro atoms. The van der Waals surface area contributed by atoms with E-state index in [1.165, 1.54) is 19.3 Å². The van der Waals surface area contributed by atoms with Gasteiger partial charge in [0.15, 0.2) is 0 Å². The minimum atomic E-state index is 0.255. The van der Waals surface area contributed by atoms with Gasteiger partial charge in [-0.3, -0.25) is 0 Å². The summed E-state index contributed by atoms with van der Waals surface area (Å²) in [7, 11) is 0. The van der Waals surface area contributed by atoms with E-state index in [4.69, 9.17) is 0 Å². The van der Waals surface area contributed by atoms with Crippen LogP contribution < -0.4 is 5.32 Å². The predicted octanol–water partition coefficient (Wildman–Crippen LogP) is 2.56. The Morgan fingerprint density at radius 2 is 1.86 bits per heavy atom. The Balaban J connectivity index is 3.79. The van der Waals surface area contributed by atoms with Gasteiger partial charge in [-0.2, -0.15) is 0 Å². The summed E-state index contributed by atoms with van der Waals surface area (Å²) in [6.07, 6.45) is 4.86. The minimum Gasteiger partial charge on any atom is -0.395 e. The SMILES string of the molecule is CCCCC(C)NC(CO)C(C)CC. The van der Waals surface area contributed by atoms with Gasteiger partial charge in [-0.15, -0.1) is 0 Å². The van der Waals surface area contributed by atoms with Crippen LogP contribution in [-0.4, -0.2) is 23.8 Å². The van der Waals surface area contributed by atoms with Gasteiger partial charge in [0.2, 0.25) is 0 Å². The lowest BCUT2D eigenvalue weighted by atomic mass is 9.98. The van der Waals surface area contributed by atoms with E-state index in [1.807, 2.05) is 0 Å². The predicted molar refractivity (Wildman–Crippen MR) is 62.5 cm³/mol. The van der Waals surface area contributed by atoms with Gasteiger partial charge in [0.05, 0.1) is 6.61 Å². The first-order valence-electron chi connectivity index (χ1n) is 6.02. The molecule has 0 radical (unpaired) electrons. The highest BCUT2D eigenvalue weighted by Crippen LogP contribution is 2.09. The summed E-state index contributed by atoms with van der Waals surface area (Å²) in [5, 5.41) is 12.7. The molecule has 0 amide bonds. The Hall–Kier alpha value is -0.0800. The summed E-state index contributed by atoms with van der Waals surface area (Å²) in [5.41, 5.74) is 0. The van der Waals surface area contributed by atoms with E-state index in [0.717, 1.165) is 6.42 Å². The van der Waals surface area contributed by atoms with Crippen LogP contribution in [0.5, 0.6) is 0 Å². The van der Waals surface area contributed by atoms with Crippen molar-refractivity contribution in [2.45, 2.75) is 65.5 Å². The molecule has 0 aromatic carbocycles. The lowest BCUT2D eigenvalue weighted by molar-refractivity contribution is 0.190. The van der Waals surface area contributed by atoms with Crippen molar-refractivity contribution in [3.05, 3.63) is 0 Å². The molecule has 2 N–H and O–H groups in total. The van der Waals surface area contributed by atoms with Crippen LogP contribution in [0.15, 0.2) is 0 Å². The molecule has 0 saturated carbocycles. The summed E-state index contributed by atoms with van der Waals surface area (Å²) in [4.78, 5) is 0. The summed E-state index contributed by atoms with van der Waals surface area (Å²) >= 11 is 0. The highest BCUT2D eigenvalue weighted by Gasteiger charge is 2.16. The molecule has 0 aliphatic heterocycles. The number of hydrogen-bond donors (Lipinski definition) is 2. The van der Waals surface area contributed by atoms with Crippen LogP contribution in [0, 0.1) is 5.92 Å². The van der Waals surface area contributed by atoms with Crippen molar-refractivity contribution in [3.8, 4) is 0 Å². The lowest BCUT2D eigenvalue weighted by Crippen LogP contribution is -2.43. The third-order valence-corrected chi connectivity index (χ3v) is 3.02. The summed E-state index contributed by atoms with van der Waals surface area (Å²) in [5.74, 6) is 0.559. The Labute approximate surface area is 89.1 Å². The van der Waals surface area contributed by atoms with Crippen molar-refractivity contribution in [2.24, 2.45) is 5.92 Å². The van der Waals surface area contributed by atoms with Crippen molar-refractivity contribution in [3.63, 3.8) is 0 Å². The van der Waals surface area contributed by atoms with Crippen LogP contribution >= 0.6 is 0 Å². The molecule has 0 aromatic rings. The normalized spacial score (nSPS) is 17.8. The van der Waals surface area contributed by atoms with E-state index in [-0.39, 0.29) is 12.6 Å². The molecule has 3 unspecified atom stereocenters. The van der Waals surface area contributed by atoms with Crippen molar-refractivity contribution in [1.82, 2.24) is 5.32 Å². The number of aliphatic hydroxyl groups is 1. The highest BCUT2D eigenvalue weighted by molar-refractivity contribution is 4.75. The fourth-order valence-electron chi connectivity index (χ4n) is 1.64. The molecule has 0 bridgehead atoms. The molecule has 14 heavy (non-hydrogen) atoms. The zero-order chi connectivity index (χ0) is 11.0. The second-order valence-electron chi connectivity index (χ2n) is 4.38. The third-order valence-electron chi connectivity index (χ3n) is 3.02. The van der Waals surface area contributed by atoms with Crippen molar-refractivity contribution in [2.75, 3.05) is 6.61 Å². The van der Waals surface area contributed by atoms with Crippen LogP contribution in [-0.2, 0) is 0 Å². The lowest BCUT2D eigenvalue weighted by Gasteiger charge is -2.26. The Morgan fingerprint density at radius 3 is 2.29 bits per heavy atom. The Morgan fingerprint density at radius 1 is 1.21 bits per heavy atom. The molecule has 0 aromatic heterocycles. The Bertz CT molecular complexity index is 127. The van der Waals surface area contributed by atoms with Gasteiger partial charge in [-0.25, -0.2) is 0 Å². The fraction of sp³-hybridized carbons (Fsp3) is 1.00. The van der Waals surface area contributed by atoms with Crippen molar-refractivity contribution >= 4 is 0 Å². The molecule has 0 fully saturated rings. The molecule has 86 valence electrons. The van der Waals surface area contributed by atoms with E-state index in [1.54, 1.807) is 0 Å². The number of unbranched alkanes of at least 4 members (excludes halogenated alkanes) is 1. The molecule has 0 heterocycles. The number of rotatable bonds is 8. The van der Waals surface area contributed by atoms with Gasteiger partial charge in [0, 0.05) is 12.1 Å². The molecule has 2 nitrogen and oxygen atoms in total. The monoisotopic (exact) mass is 201 g/mol. The van der Waals surface area contributed by atoms with Crippen molar-refractivity contribution < 1.29 is 5.11 Å². The van der Waals surface area contributed by atoms with Crippen LogP contribution in [0.25, 0.3) is 0 Å². The quantitative estimate of drug-likeness (QED) is 0.632. The molecule has 2 heteroatoms. The van der Waals surface area contributed by atoms with E-state index in [0.29, 0.717) is 12.0 Å². The first-order chi connectivity index (χ1) is 6.65. The van der Waals surface area contributed by atoms with Gasteiger partial charge >= 0.3 is 0 Å². The van der Waals surface area contributed by atoms with E-state index in [2.05, 4.69) is 33.0 Å². The highest BCUT2D eigenvalue weighted by atomic mass is 16.3.